The predicted octanol–water partition coefficient (Wildman–Crippen LogP) is 3.66. The van der Waals surface area contributed by atoms with Crippen LogP contribution < -0.4 is 0 Å². The Kier molecular flexibility index (Phi) is 3.73. The highest BCUT2D eigenvalue weighted by atomic mass is 32.1. The third-order valence-electron chi connectivity index (χ3n) is 2.53. The minimum absolute atomic E-state index is 0.0282. The molecule has 0 saturated heterocycles. The Morgan fingerprint density at radius 2 is 2.00 bits per heavy atom. The van der Waals surface area contributed by atoms with E-state index in [4.69, 9.17) is 4.74 Å². The van der Waals surface area contributed by atoms with Gasteiger partial charge in [0.25, 0.3) is 0 Å². The van der Waals surface area contributed by atoms with Crippen molar-refractivity contribution in [1.29, 1.82) is 0 Å². The van der Waals surface area contributed by atoms with Crippen molar-refractivity contribution in [2.45, 2.75) is 33.1 Å². The van der Waals surface area contributed by atoms with Crippen molar-refractivity contribution in [3.05, 3.63) is 21.0 Å². The number of nitrogens with zero attached hydrogens (tertiary/aromatic N) is 2. The second-order valence-corrected chi connectivity index (χ2v) is 7.07. The molecular weight excluding hydrogens is 280 g/mol. The van der Waals surface area contributed by atoms with Crippen LogP contribution in [0.4, 0.5) is 0 Å². The lowest BCUT2D eigenvalue weighted by atomic mass is 9.98. The molecule has 0 saturated carbocycles. The summed E-state index contributed by atoms with van der Waals surface area (Å²) in [6.07, 6.45) is 0. The molecule has 4 nitrogen and oxygen atoms in total. The van der Waals surface area contributed by atoms with Crippen LogP contribution in [-0.2, 0) is 10.2 Å². The molecule has 6 heteroatoms. The summed E-state index contributed by atoms with van der Waals surface area (Å²) in [5.41, 5.74) is 1.55. The van der Waals surface area contributed by atoms with Crippen LogP contribution in [0, 0.1) is 6.92 Å². The van der Waals surface area contributed by atoms with Gasteiger partial charge in [-0.15, -0.1) is 22.7 Å². The number of aromatic nitrogens is 2. The lowest BCUT2D eigenvalue weighted by molar-refractivity contribution is 0.0605. The average Bonchev–Trinajstić information content (AvgIpc) is 2.93. The average molecular weight is 296 g/mol. The van der Waals surface area contributed by atoms with Gasteiger partial charge in [0.1, 0.15) is 15.6 Å². The fourth-order valence-electron chi connectivity index (χ4n) is 1.50. The topological polar surface area (TPSA) is 52.1 Å². The van der Waals surface area contributed by atoms with Crippen molar-refractivity contribution >= 4 is 28.6 Å². The summed E-state index contributed by atoms with van der Waals surface area (Å²) < 4.78 is 4.74. The molecule has 0 aliphatic rings. The molecule has 0 aliphatic carbocycles. The number of carbonyl (C=O) groups excluding carboxylic acids is 1. The van der Waals surface area contributed by atoms with Gasteiger partial charge in [0.15, 0.2) is 0 Å². The van der Waals surface area contributed by atoms with Gasteiger partial charge in [-0.05, 0) is 6.92 Å². The SMILES string of the molecule is COC(=O)c1sc(-c2csc(C(C)(C)C)n2)nc1C. The Bertz CT molecular complexity index is 608. The van der Waals surface area contributed by atoms with Crippen LogP contribution >= 0.6 is 22.7 Å². The predicted molar refractivity (Wildman–Crippen MR) is 78.0 cm³/mol. The number of methoxy groups -OCH3 is 1. The first-order chi connectivity index (χ1) is 8.82. The van der Waals surface area contributed by atoms with E-state index in [1.807, 2.05) is 12.3 Å². The van der Waals surface area contributed by atoms with Crippen LogP contribution in [0.3, 0.4) is 0 Å². The van der Waals surface area contributed by atoms with Gasteiger partial charge in [-0.1, -0.05) is 20.8 Å². The molecular formula is C13H16N2O2S2. The van der Waals surface area contributed by atoms with Crippen molar-refractivity contribution < 1.29 is 9.53 Å². The summed E-state index contributed by atoms with van der Waals surface area (Å²) in [6, 6.07) is 0. The number of hydrogen-bond acceptors (Lipinski definition) is 6. The molecule has 0 radical (unpaired) electrons. The Morgan fingerprint density at radius 3 is 2.53 bits per heavy atom. The quantitative estimate of drug-likeness (QED) is 0.794. The molecule has 0 spiro atoms. The lowest BCUT2D eigenvalue weighted by Gasteiger charge is -2.13. The number of ether oxygens (including phenoxy) is 1. The number of aryl methyl sites for hydroxylation is 1. The smallest absolute Gasteiger partial charge is 0.349 e. The van der Waals surface area contributed by atoms with Crippen LogP contribution in [0.1, 0.15) is 41.1 Å². The highest BCUT2D eigenvalue weighted by molar-refractivity contribution is 7.17. The Balaban J connectivity index is 2.38. The molecule has 0 bridgehead atoms. The molecule has 0 unspecified atom stereocenters. The summed E-state index contributed by atoms with van der Waals surface area (Å²) in [5.74, 6) is -0.340. The highest BCUT2D eigenvalue weighted by Gasteiger charge is 2.21. The monoisotopic (exact) mass is 296 g/mol. The number of esters is 1. The molecule has 19 heavy (non-hydrogen) atoms. The summed E-state index contributed by atoms with van der Waals surface area (Å²) in [7, 11) is 1.38. The molecule has 0 aliphatic heterocycles. The Morgan fingerprint density at radius 1 is 1.32 bits per heavy atom. The van der Waals surface area contributed by atoms with Gasteiger partial charge >= 0.3 is 5.97 Å². The van der Waals surface area contributed by atoms with E-state index in [1.165, 1.54) is 18.4 Å². The Hall–Kier alpha value is -1.27. The number of hydrogen-bond donors (Lipinski definition) is 0. The van der Waals surface area contributed by atoms with Crippen molar-refractivity contribution in [3.8, 4) is 10.7 Å². The molecule has 2 rings (SSSR count). The van der Waals surface area contributed by atoms with Crippen LogP contribution in [-0.4, -0.2) is 23.0 Å². The zero-order valence-corrected chi connectivity index (χ0v) is 13.2. The van der Waals surface area contributed by atoms with Crippen molar-refractivity contribution in [2.24, 2.45) is 0 Å². The van der Waals surface area contributed by atoms with E-state index in [-0.39, 0.29) is 11.4 Å². The van der Waals surface area contributed by atoms with E-state index in [0.29, 0.717) is 10.6 Å². The molecule has 0 amide bonds. The number of rotatable bonds is 2. The van der Waals surface area contributed by atoms with Crippen LogP contribution in [0.15, 0.2) is 5.38 Å². The van der Waals surface area contributed by atoms with E-state index in [0.717, 1.165) is 15.7 Å². The van der Waals surface area contributed by atoms with Crippen molar-refractivity contribution in [1.82, 2.24) is 9.97 Å². The van der Waals surface area contributed by atoms with Crippen LogP contribution in [0.25, 0.3) is 10.7 Å². The standard InChI is InChI=1S/C13H16N2O2S2/c1-7-9(11(16)17-5)19-10(14-7)8-6-18-12(15-8)13(2,3)4/h6H,1-5H3. The first-order valence-corrected chi connectivity index (χ1v) is 7.54. The summed E-state index contributed by atoms with van der Waals surface area (Å²) in [4.78, 5) is 21.1. The molecule has 102 valence electrons. The second-order valence-electron chi connectivity index (χ2n) is 5.21. The second kappa shape index (κ2) is 5.02. The maximum atomic E-state index is 11.6. The summed E-state index contributed by atoms with van der Waals surface area (Å²) >= 11 is 2.95. The minimum atomic E-state index is -0.340. The lowest BCUT2D eigenvalue weighted by Crippen LogP contribution is -2.10. The van der Waals surface area contributed by atoms with Crippen molar-refractivity contribution in [3.63, 3.8) is 0 Å². The van der Waals surface area contributed by atoms with Gasteiger partial charge in [-0.25, -0.2) is 14.8 Å². The summed E-state index contributed by atoms with van der Waals surface area (Å²) in [6.45, 7) is 8.19. The van der Waals surface area contributed by atoms with Gasteiger partial charge in [0.2, 0.25) is 0 Å². The van der Waals surface area contributed by atoms with E-state index in [1.54, 1.807) is 11.3 Å². The molecule has 0 atom stereocenters. The largest absolute Gasteiger partial charge is 0.465 e. The van der Waals surface area contributed by atoms with Gasteiger partial charge in [-0.2, -0.15) is 0 Å². The summed E-state index contributed by atoms with van der Waals surface area (Å²) in [5, 5.41) is 3.82. The van der Waals surface area contributed by atoms with Crippen LogP contribution in [0.5, 0.6) is 0 Å². The van der Waals surface area contributed by atoms with Gasteiger partial charge < -0.3 is 4.74 Å². The number of carbonyl (C=O) groups is 1. The molecule has 2 heterocycles. The third kappa shape index (κ3) is 2.84. The molecule has 0 N–H and O–H groups in total. The number of thiazole rings is 2. The minimum Gasteiger partial charge on any atom is -0.465 e. The van der Waals surface area contributed by atoms with E-state index >= 15 is 0 Å². The van der Waals surface area contributed by atoms with Gasteiger partial charge in [0, 0.05) is 10.8 Å². The first-order valence-electron chi connectivity index (χ1n) is 5.85. The maximum Gasteiger partial charge on any atom is 0.349 e. The third-order valence-corrected chi connectivity index (χ3v) is 4.96. The Labute approximate surface area is 120 Å². The first kappa shape index (κ1) is 14.1. The molecule has 0 aromatic carbocycles. The normalized spacial score (nSPS) is 11.6. The van der Waals surface area contributed by atoms with Gasteiger partial charge in [0.05, 0.1) is 17.8 Å². The van der Waals surface area contributed by atoms with Gasteiger partial charge in [-0.3, -0.25) is 0 Å². The van der Waals surface area contributed by atoms with Crippen molar-refractivity contribution in [2.75, 3.05) is 7.11 Å². The maximum absolute atomic E-state index is 11.6. The zero-order chi connectivity index (χ0) is 14.2. The van der Waals surface area contributed by atoms with E-state index in [2.05, 4.69) is 30.7 Å². The molecule has 2 aromatic rings. The molecule has 2 aromatic heterocycles. The van der Waals surface area contributed by atoms with E-state index in [9.17, 15) is 4.79 Å². The van der Waals surface area contributed by atoms with Crippen LogP contribution in [0.2, 0.25) is 0 Å². The molecule has 0 fully saturated rings. The highest BCUT2D eigenvalue weighted by Crippen LogP contribution is 2.33. The zero-order valence-electron chi connectivity index (χ0n) is 11.6. The fourth-order valence-corrected chi connectivity index (χ4v) is 3.42. The van der Waals surface area contributed by atoms with E-state index < -0.39 is 0 Å². The fraction of sp³-hybridized carbons (Fsp3) is 0.462.